The highest BCUT2D eigenvalue weighted by Crippen LogP contribution is 2.13. The van der Waals surface area contributed by atoms with Crippen LogP contribution in [0.25, 0.3) is 0 Å². The molecule has 1 unspecified atom stereocenters. The maximum atomic E-state index is 12.8. The van der Waals surface area contributed by atoms with Gasteiger partial charge in [-0.15, -0.1) is 0 Å². The molecule has 6 nitrogen and oxygen atoms in total. The van der Waals surface area contributed by atoms with Gasteiger partial charge in [-0.1, -0.05) is 212 Å². The van der Waals surface area contributed by atoms with Gasteiger partial charge in [0, 0.05) is 19.3 Å². The summed E-state index contributed by atoms with van der Waals surface area (Å²) in [6.07, 6.45) is 74.4. The Hall–Kier alpha value is -4.45. The molecule has 66 heavy (non-hydrogen) atoms. The van der Waals surface area contributed by atoms with Crippen LogP contribution in [0.15, 0.2) is 134 Å². The number of allylic oxidation sites excluding steroid dienone is 22. The summed E-state index contributed by atoms with van der Waals surface area (Å²) in [7, 11) is 0. The minimum atomic E-state index is -0.818. The van der Waals surface area contributed by atoms with E-state index >= 15 is 0 Å². The number of unbranched alkanes of at least 4 members (excludes halogenated alkanes) is 15. The lowest BCUT2D eigenvalue weighted by molar-refractivity contribution is -0.167. The number of carbonyl (C=O) groups excluding carboxylic acids is 3. The molecule has 0 aromatic heterocycles. The monoisotopic (exact) mass is 911 g/mol. The molecular formula is C60H94O6. The molecule has 1 atom stereocenters. The van der Waals surface area contributed by atoms with Crippen molar-refractivity contribution in [2.75, 3.05) is 13.2 Å². The molecule has 0 saturated carbocycles. The normalized spacial score (nSPS) is 13.2. The Morgan fingerprint density at radius 3 is 1.05 bits per heavy atom. The van der Waals surface area contributed by atoms with Gasteiger partial charge in [-0.05, 0) is 109 Å². The van der Waals surface area contributed by atoms with E-state index in [0.29, 0.717) is 19.3 Å². The Kier molecular flexibility index (Phi) is 49.6. The first-order valence-electron chi connectivity index (χ1n) is 26.2. The van der Waals surface area contributed by atoms with E-state index in [0.717, 1.165) is 122 Å². The average molecular weight is 911 g/mol. The Morgan fingerprint density at radius 1 is 0.318 bits per heavy atom. The zero-order valence-corrected chi connectivity index (χ0v) is 42.1. The molecule has 0 radical (unpaired) electrons. The second kappa shape index (κ2) is 53.2. The molecular weight excluding hydrogens is 817 g/mol. The van der Waals surface area contributed by atoms with E-state index in [-0.39, 0.29) is 37.5 Å². The van der Waals surface area contributed by atoms with Crippen molar-refractivity contribution in [1.82, 2.24) is 0 Å². The second-order valence-corrected chi connectivity index (χ2v) is 16.7. The molecule has 0 amide bonds. The van der Waals surface area contributed by atoms with E-state index in [4.69, 9.17) is 14.2 Å². The second-order valence-electron chi connectivity index (χ2n) is 16.7. The van der Waals surface area contributed by atoms with Crippen LogP contribution in [0, 0.1) is 0 Å². The third-order valence-electron chi connectivity index (χ3n) is 10.5. The van der Waals surface area contributed by atoms with Crippen LogP contribution in [0.4, 0.5) is 0 Å². The predicted molar refractivity (Wildman–Crippen MR) is 283 cm³/mol. The fourth-order valence-corrected chi connectivity index (χ4v) is 6.63. The van der Waals surface area contributed by atoms with Gasteiger partial charge < -0.3 is 14.2 Å². The van der Waals surface area contributed by atoms with E-state index in [9.17, 15) is 14.4 Å². The summed E-state index contributed by atoms with van der Waals surface area (Å²) in [5.74, 6) is -0.998. The zero-order valence-electron chi connectivity index (χ0n) is 42.1. The van der Waals surface area contributed by atoms with Gasteiger partial charge in [0.2, 0.25) is 0 Å². The highest BCUT2D eigenvalue weighted by Gasteiger charge is 2.19. The van der Waals surface area contributed by atoms with Crippen molar-refractivity contribution in [2.45, 2.75) is 213 Å². The average Bonchev–Trinajstić information content (AvgIpc) is 3.31. The van der Waals surface area contributed by atoms with Crippen molar-refractivity contribution in [2.24, 2.45) is 0 Å². The summed E-state index contributed by atoms with van der Waals surface area (Å²) >= 11 is 0. The van der Waals surface area contributed by atoms with Crippen molar-refractivity contribution < 1.29 is 28.6 Å². The molecule has 0 aromatic rings. The largest absolute Gasteiger partial charge is 0.462 e. The third-order valence-corrected chi connectivity index (χ3v) is 10.5. The molecule has 0 heterocycles. The van der Waals surface area contributed by atoms with Crippen molar-refractivity contribution in [1.29, 1.82) is 0 Å². The molecule has 370 valence electrons. The molecule has 0 N–H and O–H groups in total. The van der Waals surface area contributed by atoms with Crippen LogP contribution in [0.2, 0.25) is 0 Å². The molecule has 6 heteroatoms. The van der Waals surface area contributed by atoms with Crippen LogP contribution in [-0.2, 0) is 28.6 Å². The first kappa shape index (κ1) is 61.5. The van der Waals surface area contributed by atoms with Gasteiger partial charge in [0.25, 0.3) is 0 Å². The summed E-state index contributed by atoms with van der Waals surface area (Å²) in [6, 6.07) is 0. The van der Waals surface area contributed by atoms with Crippen LogP contribution in [0.3, 0.4) is 0 Å². The van der Waals surface area contributed by atoms with Crippen molar-refractivity contribution >= 4 is 17.9 Å². The maximum absolute atomic E-state index is 12.8. The van der Waals surface area contributed by atoms with Crippen LogP contribution >= 0.6 is 0 Å². The Balaban J connectivity index is 4.50. The Labute approximate surface area is 405 Å². The lowest BCUT2D eigenvalue weighted by Crippen LogP contribution is -2.30. The van der Waals surface area contributed by atoms with Crippen molar-refractivity contribution in [3.05, 3.63) is 134 Å². The minimum Gasteiger partial charge on any atom is -0.462 e. The number of hydrogen-bond donors (Lipinski definition) is 0. The molecule has 0 aliphatic carbocycles. The van der Waals surface area contributed by atoms with Gasteiger partial charge in [-0.25, -0.2) is 0 Å². The van der Waals surface area contributed by atoms with E-state index in [2.05, 4.69) is 118 Å². The van der Waals surface area contributed by atoms with E-state index in [1.54, 1.807) is 0 Å². The molecule has 0 spiro atoms. The van der Waals surface area contributed by atoms with Crippen LogP contribution in [0.1, 0.15) is 207 Å². The highest BCUT2D eigenvalue weighted by atomic mass is 16.6. The van der Waals surface area contributed by atoms with Crippen LogP contribution in [-0.4, -0.2) is 37.2 Å². The third kappa shape index (κ3) is 50.5. The van der Waals surface area contributed by atoms with Gasteiger partial charge >= 0.3 is 17.9 Å². The molecule has 0 fully saturated rings. The molecule has 0 aromatic carbocycles. The lowest BCUT2D eigenvalue weighted by atomic mass is 10.1. The summed E-state index contributed by atoms with van der Waals surface area (Å²) in [5.41, 5.74) is 0. The van der Waals surface area contributed by atoms with E-state index in [1.165, 1.54) is 38.5 Å². The lowest BCUT2D eigenvalue weighted by Gasteiger charge is -2.18. The maximum Gasteiger partial charge on any atom is 0.306 e. The number of carbonyl (C=O) groups is 3. The van der Waals surface area contributed by atoms with Crippen LogP contribution < -0.4 is 0 Å². The van der Waals surface area contributed by atoms with E-state index < -0.39 is 6.10 Å². The number of esters is 3. The number of ether oxygens (including phenoxy) is 3. The summed E-state index contributed by atoms with van der Waals surface area (Å²) in [4.78, 5) is 38.0. The zero-order chi connectivity index (χ0) is 47.9. The first-order chi connectivity index (χ1) is 32.5. The predicted octanol–water partition coefficient (Wildman–Crippen LogP) is 17.5. The van der Waals surface area contributed by atoms with E-state index in [1.807, 2.05) is 36.5 Å². The van der Waals surface area contributed by atoms with Crippen molar-refractivity contribution in [3.8, 4) is 0 Å². The Morgan fingerprint density at radius 2 is 0.621 bits per heavy atom. The quantitative estimate of drug-likeness (QED) is 0.0199. The smallest absolute Gasteiger partial charge is 0.306 e. The fourth-order valence-electron chi connectivity index (χ4n) is 6.63. The number of rotatable bonds is 45. The van der Waals surface area contributed by atoms with Crippen LogP contribution in [0.5, 0.6) is 0 Å². The molecule has 0 bridgehead atoms. The van der Waals surface area contributed by atoms with Gasteiger partial charge in [-0.3, -0.25) is 14.4 Å². The molecule has 0 aliphatic rings. The SMILES string of the molecule is CC\C=C/C=C\C=C/C=C\CCCCCC(=O)OCC(COC(=O)CCCCCCCCCCC/C=C\C/C=C\C/C=C\CC)OC(=O)CCCCC/C=C\C/C=C\C/C=C\C/C=C\CC. The van der Waals surface area contributed by atoms with Gasteiger partial charge in [0.15, 0.2) is 6.10 Å². The Bertz CT molecular complexity index is 1460. The van der Waals surface area contributed by atoms with Crippen molar-refractivity contribution in [3.63, 3.8) is 0 Å². The summed E-state index contributed by atoms with van der Waals surface area (Å²) in [6.45, 7) is 6.19. The standard InChI is InChI=1S/C60H94O6/c1-4-7-10-13-16-19-22-25-27-29-30-31-33-35-38-41-44-47-50-53-59(62)65-56-57(55-64-58(61)52-49-46-43-40-37-34-24-21-18-15-12-9-6-3)66-60(63)54-51-48-45-42-39-36-32-28-26-23-20-17-14-11-8-5-2/h7-12,15-21,24-28,34,36-37,39,57H,4-6,13-14,22-23,29-33,35,38,40-56H2,1-3H3/b10-7-,11-8-,12-9-,18-15-,19-16-,20-17-,24-21-,27-25-,28-26-,37-34-,39-36-. The summed E-state index contributed by atoms with van der Waals surface area (Å²) in [5, 5.41) is 0. The molecule has 0 saturated heterocycles. The summed E-state index contributed by atoms with van der Waals surface area (Å²) < 4.78 is 16.7. The topological polar surface area (TPSA) is 78.9 Å². The van der Waals surface area contributed by atoms with Gasteiger partial charge in [0.05, 0.1) is 0 Å². The van der Waals surface area contributed by atoms with Gasteiger partial charge in [0.1, 0.15) is 13.2 Å². The molecule has 0 aliphatic heterocycles. The number of hydrogen-bond acceptors (Lipinski definition) is 6. The highest BCUT2D eigenvalue weighted by molar-refractivity contribution is 5.71. The van der Waals surface area contributed by atoms with Gasteiger partial charge in [-0.2, -0.15) is 0 Å². The first-order valence-corrected chi connectivity index (χ1v) is 26.2. The minimum absolute atomic E-state index is 0.112. The fraction of sp³-hybridized carbons (Fsp3) is 0.583. The molecule has 0 rings (SSSR count).